The number of unbranched alkanes of at least 4 members (excludes halogenated alkanes) is 3. The first kappa shape index (κ1) is 15.3. The van der Waals surface area contributed by atoms with Gasteiger partial charge in [0.15, 0.2) is 5.16 Å². The van der Waals surface area contributed by atoms with Gasteiger partial charge < -0.3 is 4.98 Å². The molecule has 0 aliphatic carbocycles. The Kier molecular flexibility index (Phi) is 7.09. The molecule has 3 nitrogen and oxygen atoms in total. The molecule has 0 saturated heterocycles. The number of rotatable bonds is 8. The summed E-state index contributed by atoms with van der Waals surface area (Å²) in [6.07, 6.45) is 6.64. The molecular weight excluding hydrogens is 244 g/mol. The number of hydrogen-bond acceptors (Lipinski definition) is 3. The van der Waals surface area contributed by atoms with E-state index in [1.165, 1.54) is 19.3 Å². The predicted molar refractivity (Wildman–Crippen MR) is 78.5 cm³/mol. The van der Waals surface area contributed by atoms with Gasteiger partial charge in [-0.05, 0) is 26.2 Å². The molecule has 0 saturated carbocycles. The quantitative estimate of drug-likeness (QED) is 0.444. The van der Waals surface area contributed by atoms with Crippen LogP contribution in [0.15, 0.2) is 9.95 Å². The van der Waals surface area contributed by atoms with Crippen LogP contribution in [0.4, 0.5) is 0 Å². The van der Waals surface area contributed by atoms with Crippen molar-refractivity contribution < 1.29 is 0 Å². The summed E-state index contributed by atoms with van der Waals surface area (Å²) in [7, 11) is 0. The van der Waals surface area contributed by atoms with Crippen LogP contribution < -0.4 is 5.56 Å². The molecule has 1 N–H and O–H groups in total. The van der Waals surface area contributed by atoms with E-state index in [0.717, 1.165) is 41.4 Å². The molecular formula is C14H24N2OS. The van der Waals surface area contributed by atoms with Crippen molar-refractivity contribution in [3.05, 3.63) is 21.6 Å². The van der Waals surface area contributed by atoms with Gasteiger partial charge in [-0.2, -0.15) is 0 Å². The average Bonchev–Trinajstić information content (AvgIpc) is 2.34. The molecule has 1 heterocycles. The fourth-order valence-corrected chi connectivity index (χ4v) is 2.73. The summed E-state index contributed by atoms with van der Waals surface area (Å²) in [6.45, 7) is 6.27. The molecule has 1 aromatic rings. The minimum Gasteiger partial charge on any atom is -0.301 e. The van der Waals surface area contributed by atoms with Crippen LogP contribution in [0.5, 0.6) is 0 Å². The topological polar surface area (TPSA) is 45.8 Å². The summed E-state index contributed by atoms with van der Waals surface area (Å²) < 4.78 is 0. The highest BCUT2D eigenvalue weighted by molar-refractivity contribution is 7.99. The van der Waals surface area contributed by atoms with E-state index in [0.29, 0.717) is 0 Å². The monoisotopic (exact) mass is 268 g/mol. The lowest BCUT2D eigenvalue weighted by molar-refractivity contribution is 0.755. The number of nitrogens with one attached hydrogen (secondary N) is 1. The predicted octanol–water partition coefficient (Wildman–Crippen LogP) is 3.70. The minimum absolute atomic E-state index is 0.0499. The second-order valence-electron chi connectivity index (χ2n) is 4.59. The van der Waals surface area contributed by atoms with E-state index in [2.05, 4.69) is 23.8 Å². The van der Waals surface area contributed by atoms with Gasteiger partial charge in [0.1, 0.15) is 0 Å². The lowest BCUT2D eigenvalue weighted by Crippen LogP contribution is -2.17. The maximum absolute atomic E-state index is 11.9. The van der Waals surface area contributed by atoms with E-state index in [4.69, 9.17) is 0 Å². The normalized spacial score (nSPS) is 10.8. The summed E-state index contributed by atoms with van der Waals surface area (Å²) in [5.41, 5.74) is 1.80. The zero-order chi connectivity index (χ0) is 13.4. The number of hydrogen-bond donors (Lipinski definition) is 1. The van der Waals surface area contributed by atoms with E-state index in [1.54, 1.807) is 11.8 Å². The molecule has 0 atom stereocenters. The number of aryl methyl sites for hydroxylation is 1. The Morgan fingerprint density at radius 1 is 1.17 bits per heavy atom. The number of H-pyrrole nitrogens is 1. The van der Waals surface area contributed by atoms with Crippen LogP contribution >= 0.6 is 11.8 Å². The van der Waals surface area contributed by atoms with Crippen LogP contribution in [-0.4, -0.2) is 15.7 Å². The number of aromatic nitrogens is 2. The molecule has 18 heavy (non-hydrogen) atoms. The molecule has 102 valence electrons. The zero-order valence-electron chi connectivity index (χ0n) is 11.7. The van der Waals surface area contributed by atoms with Crippen molar-refractivity contribution in [3.63, 3.8) is 0 Å². The SMILES string of the molecule is CCCCCSc1nc(C)c(CCCC)c(=O)[nH]1. The van der Waals surface area contributed by atoms with Crippen LogP contribution in [0.1, 0.15) is 57.2 Å². The lowest BCUT2D eigenvalue weighted by atomic mass is 10.1. The van der Waals surface area contributed by atoms with Gasteiger partial charge >= 0.3 is 0 Å². The molecule has 0 radical (unpaired) electrons. The van der Waals surface area contributed by atoms with Crippen LogP contribution in [0, 0.1) is 6.92 Å². The number of nitrogens with zero attached hydrogens (tertiary/aromatic N) is 1. The van der Waals surface area contributed by atoms with Crippen LogP contribution in [0.2, 0.25) is 0 Å². The van der Waals surface area contributed by atoms with Gasteiger partial charge in [0.05, 0.1) is 0 Å². The fraction of sp³-hybridized carbons (Fsp3) is 0.714. The highest BCUT2D eigenvalue weighted by atomic mass is 32.2. The van der Waals surface area contributed by atoms with Gasteiger partial charge in [-0.15, -0.1) is 0 Å². The van der Waals surface area contributed by atoms with E-state index in [9.17, 15) is 4.79 Å². The molecule has 1 aromatic heterocycles. The molecule has 0 aliphatic heterocycles. The van der Waals surface area contributed by atoms with Crippen molar-refractivity contribution in [3.8, 4) is 0 Å². The fourth-order valence-electron chi connectivity index (χ4n) is 1.82. The first-order chi connectivity index (χ1) is 8.69. The molecule has 0 fully saturated rings. The lowest BCUT2D eigenvalue weighted by Gasteiger charge is -2.06. The zero-order valence-corrected chi connectivity index (χ0v) is 12.5. The van der Waals surface area contributed by atoms with Crippen LogP contribution in [-0.2, 0) is 6.42 Å². The van der Waals surface area contributed by atoms with Crippen molar-refractivity contribution in [2.45, 2.75) is 64.5 Å². The van der Waals surface area contributed by atoms with Gasteiger partial charge in [-0.1, -0.05) is 44.9 Å². The standard InChI is InChI=1S/C14H24N2OS/c1-4-6-8-10-18-14-15-11(3)12(9-7-5-2)13(17)16-14/h4-10H2,1-3H3,(H,15,16,17). The van der Waals surface area contributed by atoms with Gasteiger partial charge in [0, 0.05) is 17.0 Å². The third-order valence-electron chi connectivity index (χ3n) is 2.97. The summed E-state index contributed by atoms with van der Waals surface area (Å²) in [5, 5.41) is 0.772. The first-order valence-corrected chi connectivity index (χ1v) is 7.90. The highest BCUT2D eigenvalue weighted by Gasteiger charge is 2.07. The van der Waals surface area contributed by atoms with Crippen LogP contribution in [0.3, 0.4) is 0 Å². The van der Waals surface area contributed by atoms with Gasteiger partial charge in [-0.25, -0.2) is 4.98 Å². The Hall–Kier alpha value is -0.770. The summed E-state index contributed by atoms with van der Waals surface area (Å²) in [4.78, 5) is 19.3. The molecule has 4 heteroatoms. The Balaban J connectivity index is 2.64. The highest BCUT2D eigenvalue weighted by Crippen LogP contribution is 2.15. The van der Waals surface area contributed by atoms with Crippen molar-refractivity contribution in [1.82, 2.24) is 9.97 Å². The molecule has 0 spiro atoms. The Morgan fingerprint density at radius 3 is 2.50 bits per heavy atom. The molecule has 0 aromatic carbocycles. The largest absolute Gasteiger partial charge is 0.301 e. The van der Waals surface area contributed by atoms with Crippen molar-refractivity contribution in [2.24, 2.45) is 0 Å². The third-order valence-corrected chi connectivity index (χ3v) is 3.93. The van der Waals surface area contributed by atoms with Crippen molar-refractivity contribution >= 4 is 11.8 Å². The maximum Gasteiger partial charge on any atom is 0.254 e. The Labute approximate surface area is 114 Å². The van der Waals surface area contributed by atoms with Crippen molar-refractivity contribution in [2.75, 3.05) is 5.75 Å². The first-order valence-electron chi connectivity index (χ1n) is 6.91. The maximum atomic E-state index is 11.9. The second kappa shape index (κ2) is 8.35. The molecule has 1 rings (SSSR count). The van der Waals surface area contributed by atoms with Gasteiger partial charge in [0.2, 0.25) is 0 Å². The van der Waals surface area contributed by atoms with E-state index in [1.807, 2.05) is 6.92 Å². The second-order valence-corrected chi connectivity index (χ2v) is 5.68. The molecule has 0 bridgehead atoms. The number of aromatic amines is 1. The molecule has 0 unspecified atom stereocenters. The minimum atomic E-state index is 0.0499. The average molecular weight is 268 g/mol. The third kappa shape index (κ3) is 4.84. The summed E-state index contributed by atoms with van der Waals surface area (Å²) in [6, 6.07) is 0. The van der Waals surface area contributed by atoms with Crippen LogP contribution in [0.25, 0.3) is 0 Å². The Bertz CT molecular complexity index is 415. The van der Waals surface area contributed by atoms with Gasteiger partial charge in [-0.3, -0.25) is 4.79 Å². The van der Waals surface area contributed by atoms with E-state index in [-0.39, 0.29) is 5.56 Å². The summed E-state index contributed by atoms with van der Waals surface area (Å²) >= 11 is 1.65. The Morgan fingerprint density at radius 2 is 1.89 bits per heavy atom. The number of thioether (sulfide) groups is 1. The molecule has 0 aliphatic rings. The molecule has 0 amide bonds. The smallest absolute Gasteiger partial charge is 0.254 e. The van der Waals surface area contributed by atoms with E-state index < -0.39 is 0 Å². The summed E-state index contributed by atoms with van der Waals surface area (Å²) in [5.74, 6) is 1.03. The van der Waals surface area contributed by atoms with Crippen molar-refractivity contribution in [1.29, 1.82) is 0 Å². The van der Waals surface area contributed by atoms with E-state index >= 15 is 0 Å². The van der Waals surface area contributed by atoms with Gasteiger partial charge in [0.25, 0.3) is 5.56 Å².